The number of carbonyl (C=O) groups excluding carboxylic acids is 2. The number of hydrogen-bond acceptors (Lipinski definition) is 6. The Labute approximate surface area is 393 Å². The van der Waals surface area contributed by atoms with E-state index < -0.39 is 0 Å². The largest absolute Gasteiger partial charge is 0.507 e. The standard InChI is InChI=1S/C60H68O6/c1-57(2,3)49-25-41-21-45-29-51(59(7,8)9)31-47(55(45)65-35-39-17-13-37(33-61)14-18-39)23-43-27-50(58(4,5)6)28-44(54(43)64)24-48-32-52(60(10,11)12)30-46(22-42(26-49)53(41)63)56(48)66-36-40-19-15-38(34-62)16-20-40/h13-20,25-34,63-64H,21-24,35-36H2,1-12H3. The van der Waals surface area contributed by atoms with Gasteiger partial charge in [-0.15, -0.1) is 0 Å². The molecular weight excluding hydrogens is 817 g/mol. The van der Waals surface area contributed by atoms with Crippen molar-refractivity contribution in [3.63, 3.8) is 0 Å². The Morgan fingerprint density at radius 2 is 0.621 bits per heavy atom. The summed E-state index contributed by atoms with van der Waals surface area (Å²) >= 11 is 0. The van der Waals surface area contributed by atoms with Crippen molar-refractivity contribution in [3.05, 3.63) is 186 Å². The lowest BCUT2D eigenvalue weighted by Gasteiger charge is -2.28. The molecule has 0 radical (unpaired) electrons. The fourth-order valence-electron chi connectivity index (χ4n) is 8.71. The summed E-state index contributed by atoms with van der Waals surface area (Å²) in [5.74, 6) is 1.92. The highest BCUT2D eigenvalue weighted by molar-refractivity contribution is 5.75. The molecule has 0 amide bonds. The van der Waals surface area contributed by atoms with Crippen molar-refractivity contribution >= 4 is 12.6 Å². The summed E-state index contributed by atoms with van der Waals surface area (Å²) in [7, 11) is 0. The molecule has 2 N–H and O–H groups in total. The predicted octanol–water partition coefficient (Wildman–Crippen LogP) is 13.7. The molecular formula is C60H68O6. The van der Waals surface area contributed by atoms with Crippen LogP contribution in [0.4, 0.5) is 0 Å². The monoisotopic (exact) mass is 885 g/mol. The van der Waals surface area contributed by atoms with E-state index >= 15 is 0 Å². The SMILES string of the molecule is CC(C)(C)c1cc2c(O)c(c1)Cc1cc(C(C)(C)C)cc(c1OCc1ccc(C=O)cc1)Cc1cc(C(C)(C)C)cc(c1O)Cc1cc(C(C)(C)C)cc(c1OCc1ccc(C=O)cc1)C2. The van der Waals surface area contributed by atoms with E-state index in [1.165, 1.54) is 0 Å². The Kier molecular flexibility index (Phi) is 13.2. The van der Waals surface area contributed by atoms with Crippen LogP contribution in [0, 0.1) is 0 Å². The molecule has 0 spiro atoms. The Morgan fingerprint density at radius 3 is 0.833 bits per heavy atom. The van der Waals surface area contributed by atoms with Crippen LogP contribution in [-0.2, 0) is 60.6 Å². The van der Waals surface area contributed by atoms with E-state index in [1.807, 2.05) is 24.3 Å². The van der Waals surface area contributed by atoms with Gasteiger partial charge in [0.1, 0.15) is 48.8 Å². The van der Waals surface area contributed by atoms with Crippen LogP contribution in [0.5, 0.6) is 23.0 Å². The fourth-order valence-corrected chi connectivity index (χ4v) is 8.71. The average molecular weight is 885 g/mol. The first-order valence-corrected chi connectivity index (χ1v) is 23.3. The molecule has 0 saturated heterocycles. The number of ether oxygens (including phenoxy) is 2. The number of rotatable bonds is 8. The van der Waals surface area contributed by atoms with Gasteiger partial charge < -0.3 is 19.7 Å². The van der Waals surface area contributed by atoms with E-state index in [9.17, 15) is 19.8 Å². The minimum absolute atomic E-state index is 0.227. The molecule has 0 aliphatic heterocycles. The molecule has 6 aromatic rings. The molecule has 0 saturated carbocycles. The first-order valence-electron chi connectivity index (χ1n) is 23.3. The summed E-state index contributed by atoms with van der Waals surface area (Å²) in [5, 5.41) is 25.3. The lowest BCUT2D eigenvalue weighted by Crippen LogP contribution is -2.16. The molecule has 0 fully saturated rings. The van der Waals surface area contributed by atoms with Gasteiger partial charge in [0, 0.05) is 36.8 Å². The summed E-state index contributed by atoms with van der Waals surface area (Å²) in [4.78, 5) is 23.0. The maximum Gasteiger partial charge on any atom is 0.150 e. The molecule has 1 aliphatic rings. The van der Waals surface area contributed by atoms with Crippen LogP contribution in [0.3, 0.4) is 0 Å². The summed E-state index contributed by atoms with van der Waals surface area (Å²) in [6.45, 7) is 27.0. The van der Waals surface area contributed by atoms with Gasteiger partial charge in [-0.05, 0) is 99.5 Å². The van der Waals surface area contributed by atoms with Crippen molar-refractivity contribution in [2.24, 2.45) is 0 Å². The van der Waals surface area contributed by atoms with E-state index in [-0.39, 0.29) is 46.4 Å². The van der Waals surface area contributed by atoms with Crippen LogP contribution < -0.4 is 9.47 Å². The maximum atomic E-state index is 12.6. The van der Waals surface area contributed by atoms with Gasteiger partial charge in [0.15, 0.2) is 0 Å². The second kappa shape index (κ2) is 18.3. The number of aldehydes is 2. The molecule has 0 aromatic heterocycles. The van der Waals surface area contributed by atoms with Crippen LogP contribution in [0.15, 0.2) is 97.1 Å². The molecule has 0 atom stereocenters. The second-order valence-corrected chi connectivity index (χ2v) is 22.5. The number of fused-ring (bicyclic) bond motifs is 8. The third-order valence-corrected chi connectivity index (χ3v) is 13.0. The van der Waals surface area contributed by atoms with E-state index in [0.717, 1.165) is 102 Å². The Morgan fingerprint density at radius 1 is 0.394 bits per heavy atom. The Hall–Kier alpha value is -6.14. The highest BCUT2D eigenvalue weighted by Gasteiger charge is 2.29. The molecule has 8 bridgehead atoms. The molecule has 344 valence electrons. The molecule has 1 aliphatic carbocycles. The molecule has 6 nitrogen and oxygen atoms in total. The maximum absolute atomic E-state index is 12.6. The molecule has 0 heterocycles. The summed E-state index contributed by atoms with van der Waals surface area (Å²) in [5.41, 5.74) is 13.5. The third kappa shape index (κ3) is 10.8. The highest BCUT2D eigenvalue weighted by atomic mass is 16.5. The van der Waals surface area contributed by atoms with Gasteiger partial charge in [-0.3, -0.25) is 9.59 Å². The van der Waals surface area contributed by atoms with Gasteiger partial charge in [-0.25, -0.2) is 0 Å². The first kappa shape index (κ1) is 47.8. The number of aromatic hydroxyl groups is 2. The number of benzene rings is 6. The van der Waals surface area contributed by atoms with Crippen LogP contribution in [-0.4, -0.2) is 22.8 Å². The minimum atomic E-state index is -0.236. The third-order valence-electron chi connectivity index (χ3n) is 13.0. The van der Waals surface area contributed by atoms with Crippen LogP contribution in [0.2, 0.25) is 0 Å². The molecule has 6 aromatic carbocycles. The molecule has 66 heavy (non-hydrogen) atoms. The molecule has 7 rings (SSSR count). The van der Waals surface area contributed by atoms with E-state index in [4.69, 9.17) is 9.47 Å². The zero-order valence-corrected chi connectivity index (χ0v) is 41.2. The second-order valence-electron chi connectivity index (χ2n) is 22.5. The topological polar surface area (TPSA) is 93.1 Å². The number of carbonyl (C=O) groups is 2. The van der Waals surface area contributed by atoms with Crippen molar-refractivity contribution in [2.45, 2.75) is 144 Å². The van der Waals surface area contributed by atoms with E-state index in [1.54, 1.807) is 24.3 Å². The van der Waals surface area contributed by atoms with Crippen molar-refractivity contribution in [1.29, 1.82) is 0 Å². The van der Waals surface area contributed by atoms with Gasteiger partial charge in [0.25, 0.3) is 0 Å². The van der Waals surface area contributed by atoms with Crippen molar-refractivity contribution in [1.82, 2.24) is 0 Å². The minimum Gasteiger partial charge on any atom is -0.507 e. The van der Waals surface area contributed by atoms with Gasteiger partial charge in [0.2, 0.25) is 0 Å². The van der Waals surface area contributed by atoms with Crippen molar-refractivity contribution in [2.75, 3.05) is 0 Å². The van der Waals surface area contributed by atoms with Crippen LogP contribution in [0.25, 0.3) is 0 Å². The summed E-state index contributed by atoms with van der Waals surface area (Å²) in [6, 6.07) is 32.4. The smallest absolute Gasteiger partial charge is 0.150 e. The van der Waals surface area contributed by atoms with Crippen LogP contribution >= 0.6 is 0 Å². The predicted molar refractivity (Wildman–Crippen MR) is 267 cm³/mol. The lowest BCUT2D eigenvalue weighted by atomic mass is 9.79. The van der Waals surface area contributed by atoms with Gasteiger partial charge in [-0.2, -0.15) is 0 Å². The van der Waals surface area contributed by atoms with Crippen molar-refractivity contribution in [3.8, 4) is 23.0 Å². The van der Waals surface area contributed by atoms with Gasteiger partial charge in [0.05, 0.1) is 0 Å². The average Bonchev–Trinajstić information content (AvgIpc) is 3.24. The molecule has 0 unspecified atom stereocenters. The van der Waals surface area contributed by atoms with Gasteiger partial charge >= 0.3 is 0 Å². The Balaban J connectivity index is 1.53. The van der Waals surface area contributed by atoms with E-state index in [2.05, 4.69) is 132 Å². The zero-order valence-electron chi connectivity index (χ0n) is 41.2. The van der Waals surface area contributed by atoms with Gasteiger partial charge in [-0.1, -0.05) is 180 Å². The molecule has 6 heteroatoms. The first-order chi connectivity index (χ1) is 30.9. The normalized spacial score (nSPS) is 13.3. The zero-order chi connectivity index (χ0) is 47.9. The number of phenolic OH excluding ortho intramolecular Hbond substituents is 2. The number of hydrogen-bond donors (Lipinski definition) is 2. The van der Waals surface area contributed by atoms with Crippen molar-refractivity contribution < 1.29 is 29.3 Å². The van der Waals surface area contributed by atoms with E-state index in [0.29, 0.717) is 36.8 Å². The van der Waals surface area contributed by atoms with Crippen LogP contribution in [0.1, 0.15) is 182 Å². The lowest BCUT2D eigenvalue weighted by molar-refractivity contribution is 0.111. The Bertz CT molecular complexity index is 2470. The summed E-state index contributed by atoms with van der Waals surface area (Å²) in [6.07, 6.45) is 3.26. The number of phenols is 2. The summed E-state index contributed by atoms with van der Waals surface area (Å²) < 4.78 is 13.9. The quantitative estimate of drug-likeness (QED) is 0.148. The fraction of sp³-hybridized carbons (Fsp3) is 0.367. The highest BCUT2D eigenvalue weighted by Crippen LogP contribution is 2.44.